The molecule has 0 saturated heterocycles. The van der Waals surface area contributed by atoms with E-state index in [1.807, 2.05) is 13.0 Å². The number of carbonyl (C=O) groups excluding carboxylic acids is 1. The van der Waals surface area contributed by atoms with Crippen LogP contribution in [0.5, 0.6) is 11.5 Å². The summed E-state index contributed by atoms with van der Waals surface area (Å²) in [6.45, 7) is 2.38. The van der Waals surface area contributed by atoms with E-state index < -0.39 is 0 Å². The first-order chi connectivity index (χ1) is 10.7. The maximum atomic E-state index is 12.3. The van der Waals surface area contributed by atoms with Crippen molar-refractivity contribution < 1.29 is 14.3 Å². The minimum absolute atomic E-state index is 0.0643. The van der Waals surface area contributed by atoms with Crippen LogP contribution in [0.15, 0.2) is 41.3 Å². The standard InChI is InChI=1S/C17H15NO3S/c1-3-21-14-7-4-6-12(17(14)20-2)10-13(11-18)16(19)15-8-5-9-22-15/h4-10H,3H2,1-2H3/b13-10+. The zero-order valence-corrected chi connectivity index (χ0v) is 13.1. The van der Waals surface area contributed by atoms with E-state index in [-0.39, 0.29) is 11.4 Å². The number of hydrogen-bond acceptors (Lipinski definition) is 5. The molecule has 1 aromatic carbocycles. The Bertz CT molecular complexity index is 727. The number of ketones is 1. The van der Waals surface area contributed by atoms with Crippen LogP contribution in [0, 0.1) is 11.3 Å². The highest BCUT2D eigenvalue weighted by atomic mass is 32.1. The monoisotopic (exact) mass is 313 g/mol. The van der Waals surface area contributed by atoms with E-state index in [0.717, 1.165) is 0 Å². The first-order valence-corrected chi connectivity index (χ1v) is 7.59. The third-order valence-corrected chi connectivity index (χ3v) is 3.79. The number of nitrogens with zero attached hydrogens (tertiary/aromatic N) is 1. The number of nitriles is 1. The first kappa shape index (κ1) is 15.8. The number of allylic oxidation sites excluding steroid dienone is 1. The van der Waals surface area contributed by atoms with Gasteiger partial charge >= 0.3 is 0 Å². The molecule has 2 rings (SSSR count). The molecule has 22 heavy (non-hydrogen) atoms. The fourth-order valence-electron chi connectivity index (χ4n) is 1.98. The van der Waals surface area contributed by atoms with Crippen molar-refractivity contribution in [1.29, 1.82) is 5.26 Å². The summed E-state index contributed by atoms with van der Waals surface area (Å²) >= 11 is 1.31. The van der Waals surface area contributed by atoms with Crippen molar-refractivity contribution in [2.24, 2.45) is 0 Å². The Balaban J connectivity index is 2.44. The molecule has 2 aromatic rings. The second-order valence-corrected chi connectivity index (χ2v) is 5.24. The van der Waals surface area contributed by atoms with Crippen LogP contribution in [-0.2, 0) is 0 Å². The zero-order valence-electron chi connectivity index (χ0n) is 12.3. The summed E-state index contributed by atoms with van der Waals surface area (Å²) < 4.78 is 10.9. The van der Waals surface area contributed by atoms with Crippen LogP contribution in [0.4, 0.5) is 0 Å². The van der Waals surface area contributed by atoms with Gasteiger partial charge in [-0.1, -0.05) is 18.2 Å². The van der Waals surface area contributed by atoms with E-state index in [9.17, 15) is 10.1 Å². The van der Waals surface area contributed by atoms with E-state index in [1.165, 1.54) is 24.5 Å². The number of carbonyl (C=O) groups is 1. The van der Waals surface area contributed by atoms with E-state index in [2.05, 4.69) is 0 Å². The molecule has 5 heteroatoms. The highest BCUT2D eigenvalue weighted by Gasteiger charge is 2.15. The molecule has 1 heterocycles. The van der Waals surface area contributed by atoms with Crippen molar-refractivity contribution in [2.45, 2.75) is 6.92 Å². The zero-order chi connectivity index (χ0) is 15.9. The Morgan fingerprint density at radius 3 is 2.77 bits per heavy atom. The molecule has 0 N–H and O–H groups in total. The lowest BCUT2D eigenvalue weighted by molar-refractivity contribution is 0.104. The van der Waals surface area contributed by atoms with Crippen LogP contribution in [0.25, 0.3) is 6.08 Å². The Kier molecular flexibility index (Phi) is 5.34. The maximum Gasteiger partial charge on any atom is 0.213 e. The molecular formula is C17H15NO3S. The number of benzene rings is 1. The third-order valence-electron chi connectivity index (χ3n) is 2.92. The SMILES string of the molecule is CCOc1cccc(/C=C(\C#N)C(=O)c2cccs2)c1OC. The molecule has 0 unspecified atom stereocenters. The Morgan fingerprint density at radius 1 is 1.36 bits per heavy atom. The van der Waals surface area contributed by atoms with Gasteiger partial charge in [-0.05, 0) is 30.5 Å². The van der Waals surface area contributed by atoms with Crippen LogP contribution in [-0.4, -0.2) is 19.5 Å². The molecule has 1 aromatic heterocycles. The van der Waals surface area contributed by atoms with Gasteiger partial charge in [0.2, 0.25) is 5.78 Å². The third kappa shape index (κ3) is 3.35. The second kappa shape index (κ2) is 7.43. The fraction of sp³-hybridized carbons (Fsp3) is 0.176. The van der Waals surface area contributed by atoms with E-state index in [4.69, 9.17) is 9.47 Å². The molecule has 0 spiro atoms. The molecule has 0 saturated carbocycles. The van der Waals surface area contributed by atoms with Gasteiger partial charge in [0.05, 0.1) is 18.6 Å². The topological polar surface area (TPSA) is 59.3 Å². The molecule has 0 aliphatic heterocycles. The normalized spacial score (nSPS) is 10.9. The highest BCUT2D eigenvalue weighted by Crippen LogP contribution is 2.32. The Hall–Kier alpha value is -2.58. The van der Waals surface area contributed by atoms with Gasteiger partial charge in [-0.3, -0.25) is 4.79 Å². The van der Waals surface area contributed by atoms with Crippen molar-refractivity contribution in [3.8, 4) is 17.6 Å². The van der Waals surface area contributed by atoms with Gasteiger partial charge in [-0.15, -0.1) is 11.3 Å². The average molecular weight is 313 g/mol. The smallest absolute Gasteiger partial charge is 0.213 e. The quantitative estimate of drug-likeness (QED) is 0.460. The molecular weight excluding hydrogens is 298 g/mol. The molecule has 0 radical (unpaired) electrons. The maximum absolute atomic E-state index is 12.3. The van der Waals surface area contributed by atoms with E-state index >= 15 is 0 Å². The van der Waals surface area contributed by atoms with Crippen molar-refractivity contribution in [2.75, 3.05) is 13.7 Å². The Morgan fingerprint density at radius 2 is 2.18 bits per heavy atom. The summed E-state index contributed by atoms with van der Waals surface area (Å²) in [7, 11) is 1.53. The van der Waals surface area contributed by atoms with Crippen LogP contribution in [0.2, 0.25) is 0 Å². The summed E-state index contributed by atoms with van der Waals surface area (Å²) in [4.78, 5) is 12.8. The van der Waals surface area contributed by atoms with E-state index in [1.54, 1.807) is 35.7 Å². The molecule has 0 atom stereocenters. The largest absolute Gasteiger partial charge is 0.492 e. The Labute approximate surface area is 133 Å². The molecule has 0 aliphatic carbocycles. The summed E-state index contributed by atoms with van der Waals surface area (Å²) in [6, 6.07) is 10.8. The minimum atomic E-state index is -0.290. The van der Waals surface area contributed by atoms with Crippen LogP contribution >= 0.6 is 11.3 Å². The number of para-hydroxylation sites is 1. The van der Waals surface area contributed by atoms with Crippen LogP contribution in [0.1, 0.15) is 22.2 Å². The molecule has 0 amide bonds. The number of rotatable bonds is 6. The average Bonchev–Trinajstić information content (AvgIpc) is 3.07. The van der Waals surface area contributed by atoms with Gasteiger partial charge in [0.15, 0.2) is 11.5 Å². The summed E-state index contributed by atoms with van der Waals surface area (Å²) in [6.07, 6.45) is 1.53. The lowest BCUT2D eigenvalue weighted by atomic mass is 10.1. The summed E-state index contributed by atoms with van der Waals surface area (Å²) in [5.41, 5.74) is 0.698. The van der Waals surface area contributed by atoms with Gasteiger partial charge in [0.25, 0.3) is 0 Å². The van der Waals surface area contributed by atoms with Crippen molar-refractivity contribution in [3.05, 3.63) is 51.7 Å². The number of thiophene rings is 1. The molecule has 0 aliphatic rings. The highest BCUT2D eigenvalue weighted by molar-refractivity contribution is 7.12. The summed E-state index contributed by atoms with van der Waals surface area (Å²) in [5, 5.41) is 11.1. The summed E-state index contributed by atoms with van der Waals surface area (Å²) in [5.74, 6) is 0.803. The number of Topliss-reactive ketones (excluding diaryl/α,β-unsaturated/α-hetero) is 1. The number of ether oxygens (including phenoxy) is 2. The number of methoxy groups -OCH3 is 1. The molecule has 4 nitrogen and oxygen atoms in total. The predicted octanol–water partition coefficient (Wildman–Crippen LogP) is 3.95. The number of hydrogen-bond donors (Lipinski definition) is 0. The van der Waals surface area contributed by atoms with Crippen molar-refractivity contribution in [1.82, 2.24) is 0 Å². The molecule has 0 bridgehead atoms. The van der Waals surface area contributed by atoms with E-state index in [0.29, 0.717) is 28.5 Å². The van der Waals surface area contributed by atoms with Gasteiger partial charge in [-0.25, -0.2) is 0 Å². The van der Waals surface area contributed by atoms with Gasteiger partial charge in [0.1, 0.15) is 11.6 Å². The van der Waals surface area contributed by atoms with Gasteiger partial charge in [-0.2, -0.15) is 5.26 Å². The first-order valence-electron chi connectivity index (χ1n) is 6.71. The predicted molar refractivity (Wildman–Crippen MR) is 86.4 cm³/mol. The van der Waals surface area contributed by atoms with Crippen LogP contribution in [0.3, 0.4) is 0 Å². The van der Waals surface area contributed by atoms with Crippen molar-refractivity contribution in [3.63, 3.8) is 0 Å². The van der Waals surface area contributed by atoms with Gasteiger partial charge < -0.3 is 9.47 Å². The second-order valence-electron chi connectivity index (χ2n) is 4.29. The van der Waals surface area contributed by atoms with Crippen molar-refractivity contribution >= 4 is 23.2 Å². The van der Waals surface area contributed by atoms with Crippen LogP contribution < -0.4 is 9.47 Å². The fourth-order valence-corrected chi connectivity index (χ4v) is 2.66. The lowest BCUT2D eigenvalue weighted by Gasteiger charge is -2.11. The minimum Gasteiger partial charge on any atom is -0.492 e. The molecule has 0 fully saturated rings. The molecule has 112 valence electrons. The van der Waals surface area contributed by atoms with Gasteiger partial charge in [0, 0.05) is 5.56 Å². The lowest BCUT2D eigenvalue weighted by Crippen LogP contribution is -2.00.